The van der Waals surface area contributed by atoms with Crippen molar-refractivity contribution in [3.05, 3.63) is 65.7 Å². The Kier molecular flexibility index (Phi) is 13.4. The molecule has 32 heavy (non-hydrogen) atoms. The highest BCUT2D eigenvalue weighted by Gasteiger charge is 2.10. The van der Waals surface area contributed by atoms with Crippen LogP contribution < -0.4 is 20.7 Å². The van der Waals surface area contributed by atoms with Crippen molar-refractivity contribution < 1.29 is 9.53 Å². The summed E-state index contributed by atoms with van der Waals surface area (Å²) in [7, 11) is 5.50. The monoisotopic (exact) mass is 553 g/mol. The van der Waals surface area contributed by atoms with Crippen LogP contribution in [0.2, 0.25) is 0 Å². The van der Waals surface area contributed by atoms with E-state index in [1.807, 2.05) is 6.07 Å². The maximum atomic E-state index is 12.2. The molecule has 3 N–H and O–H groups in total. The van der Waals surface area contributed by atoms with Gasteiger partial charge in [-0.15, -0.1) is 24.0 Å². The Labute approximate surface area is 209 Å². The third kappa shape index (κ3) is 9.86. The molecule has 0 heterocycles. The molecule has 0 radical (unpaired) electrons. The Bertz CT molecular complexity index is 815. The van der Waals surface area contributed by atoms with Crippen LogP contribution in [0.15, 0.2) is 59.6 Å². The number of guanidine groups is 1. The van der Waals surface area contributed by atoms with Gasteiger partial charge in [-0.1, -0.05) is 30.3 Å². The van der Waals surface area contributed by atoms with E-state index >= 15 is 0 Å². The summed E-state index contributed by atoms with van der Waals surface area (Å²) in [6.07, 6.45) is 0.998. The molecule has 1 atom stereocenters. The van der Waals surface area contributed by atoms with E-state index in [9.17, 15) is 4.79 Å². The van der Waals surface area contributed by atoms with Gasteiger partial charge in [0, 0.05) is 44.8 Å². The van der Waals surface area contributed by atoms with Gasteiger partial charge in [-0.2, -0.15) is 0 Å². The largest absolute Gasteiger partial charge is 0.497 e. The zero-order valence-corrected chi connectivity index (χ0v) is 21.8. The molecule has 2 aromatic carbocycles. The lowest BCUT2D eigenvalue weighted by Gasteiger charge is -2.25. The molecule has 2 aromatic rings. The number of carbonyl (C=O) groups excluding carboxylic acids is 1. The Morgan fingerprint density at radius 1 is 1.00 bits per heavy atom. The van der Waals surface area contributed by atoms with Crippen LogP contribution in [0.3, 0.4) is 0 Å². The van der Waals surface area contributed by atoms with E-state index in [-0.39, 0.29) is 29.9 Å². The number of methoxy groups -OCH3 is 1. The number of amides is 1. The summed E-state index contributed by atoms with van der Waals surface area (Å²) in [4.78, 5) is 18.8. The van der Waals surface area contributed by atoms with Gasteiger partial charge in [0.2, 0.25) is 0 Å². The summed E-state index contributed by atoms with van der Waals surface area (Å²) >= 11 is 0. The molecule has 0 aliphatic carbocycles. The Morgan fingerprint density at radius 2 is 1.62 bits per heavy atom. The van der Waals surface area contributed by atoms with Gasteiger partial charge in [-0.05, 0) is 50.2 Å². The van der Waals surface area contributed by atoms with Crippen LogP contribution >= 0.6 is 24.0 Å². The number of aliphatic imine (C=N–C) groups is 1. The van der Waals surface area contributed by atoms with E-state index < -0.39 is 0 Å². The van der Waals surface area contributed by atoms with E-state index in [1.165, 1.54) is 5.56 Å². The Morgan fingerprint density at radius 3 is 2.25 bits per heavy atom. The highest BCUT2D eigenvalue weighted by atomic mass is 127. The number of hydrogen-bond donors (Lipinski definition) is 3. The lowest BCUT2D eigenvalue weighted by molar-refractivity contribution is 0.0954. The van der Waals surface area contributed by atoms with Crippen molar-refractivity contribution in [1.82, 2.24) is 20.9 Å². The number of halogens is 1. The SMILES string of the molecule is CN=C(NCCNC(=O)c1ccc(OC)cc1)NCCC(C)N(C)Cc1ccccc1.I. The van der Waals surface area contributed by atoms with Gasteiger partial charge in [0.1, 0.15) is 5.75 Å². The minimum atomic E-state index is -0.109. The maximum Gasteiger partial charge on any atom is 0.251 e. The van der Waals surface area contributed by atoms with E-state index in [4.69, 9.17) is 4.74 Å². The number of carbonyl (C=O) groups is 1. The first-order chi connectivity index (χ1) is 15.0. The average Bonchev–Trinajstić information content (AvgIpc) is 2.80. The van der Waals surface area contributed by atoms with Gasteiger partial charge in [0.05, 0.1) is 7.11 Å². The fraction of sp³-hybridized carbons (Fsp3) is 0.417. The van der Waals surface area contributed by atoms with Crippen molar-refractivity contribution >= 4 is 35.8 Å². The average molecular weight is 553 g/mol. The molecule has 0 spiro atoms. The van der Waals surface area contributed by atoms with Crippen LogP contribution in [0.1, 0.15) is 29.3 Å². The van der Waals surface area contributed by atoms with Gasteiger partial charge in [-0.3, -0.25) is 14.7 Å². The summed E-state index contributed by atoms with van der Waals surface area (Å²) in [5.74, 6) is 1.35. The molecule has 0 fully saturated rings. The second kappa shape index (κ2) is 15.5. The number of nitrogens with one attached hydrogen (secondary N) is 3. The molecular weight excluding hydrogens is 517 g/mol. The quantitative estimate of drug-likeness (QED) is 0.173. The normalized spacial score (nSPS) is 12.0. The zero-order valence-electron chi connectivity index (χ0n) is 19.4. The van der Waals surface area contributed by atoms with Crippen LogP contribution in [0, 0.1) is 0 Å². The lowest BCUT2D eigenvalue weighted by atomic mass is 10.1. The molecule has 2 rings (SSSR count). The predicted octanol–water partition coefficient (Wildman–Crippen LogP) is 3.12. The molecule has 0 saturated heterocycles. The first-order valence-electron chi connectivity index (χ1n) is 10.6. The molecule has 1 amide bonds. The van der Waals surface area contributed by atoms with E-state index in [2.05, 4.69) is 64.1 Å². The number of benzene rings is 2. The van der Waals surface area contributed by atoms with E-state index in [0.717, 1.165) is 31.2 Å². The topological polar surface area (TPSA) is 78.0 Å². The third-order valence-electron chi connectivity index (χ3n) is 5.16. The predicted molar refractivity (Wildman–Crippen MR) is 142 cm³/mol. The lowest BCUT2D eigenvalue weighted by Crippen LogP contribution is -2.43. The van der Waals surface area contributed by atoms with Crippen LogP contribution in [-0.4, -0.2) is 63.6 Å². The molecule has 0 aliphatic rings. The van der Waals surface area contributed by atoms with Crippen molar-refractivity contribution in [3.63, 3.8) is 0 Å². The fourth-order valence-electron chi connectivity index (χ4n) is 3.07. The Hall–Kier alpha value is -2.33. The van der Waals surface area contributed by atoms with Crippen molar-refractivity contribution in [1.29, 1.82) is 0 Å². The molecule has 176 valence electrons. The molecule has 1 unspecified atom stereocenters. The van der Waals surface area contributed by atoms with Crippen LogP contribution in [0.25, 0.3) is 0 Å². The highest BCUT2D eigenvalue weighted by Crippen LogP contribution is 2.11. The first kappa shape index (κ1) is 27.7. The molecule has 8 heteroatoms. The van der Waals surface area contributed by atoms with Crippen LogP contribution in [0.5, 0.6) is 5.75 Å². The zero-order chi connectivity index (χ0) is 22.5. The van der Waals surface area contributed by atoms with Crippen LogP contribution in [-0.2, 0) is 6.54 Å². The second-order valence-corrected chi connectivity index (χ2v) is 7.45. The number of hydrogen-bond acceptors (Lipinski definition) is 4. The van der Waals surface area contributed by atoms with Crippen molar-refractivity contribution in [2.24, 2.45) is 4.99 Å². The molecule has 0 saturated carbocycles. The van der Waals surface area contributed by atoms with Gasteiger partial charge in [0.25, 0.3) is 5.91 Å². The van der Waals surface area contributed by atoms with Gasteiger partial charge >= 0.3 is 0 Å². The minimum absolute atomic E-state index is 0. The molecule has 0 bridgehead atoms. The summed E-state index contributed by atoms with van der Waals surface area (Å²) < 4.78 is 5.11. The van der Waals surface area contributed by atoms with Gasteiger partial charge in [-0.25, -0.2) is 0 Å². The minimum Gasteiger partial charge on any atom is -0.497 e. The van der Waals surface area contributed by atoms with Crippen molar-refractivity contribution in [3.8, 4) is 5.75 Å². The first-order valence-corrected chi connectivity index (χ1v) is 10.6. The van der Waals surface area contributed by atoms with E-state index in [1.54, 1.807) is 38.4 Å². The highest BCUT2D eigenvalue weighted by molar-refractivity contribution is 14.0. The molecule has 7 nitrogen and oxygen atoms in total. The molecular formula is C24H36IN5O2. The smallest absolute Gasteiger partial charge is 0.251 e. The van der Waals surface area contributed by atoms with Crippen molar-refractivity contribution in [2.45, 2.75) is 25.9 Å². The third-order valence-corrected chi connectivity index (χ3v) is 5.16. The summed E-state index contributed by atoms with van der Waals surface area (Å²) in [5, 5.41) is 9.46. The maximum absolute atomic E-state index is 12.2. The van der Waals surface area contributed by atoms with Gasteiger partial charge < -0.3 is 20.7 Å². The molecule has 0 aliphatic heterocycles. The summed E-state index contributed by atoms with van der Waals surface area (Å²) in [6.45, 7) is 5.07. The second-order valence-electron chi connectivity index (χ2n) is 7.45. The van der Waals surface area contributed by atoms with Crippen molar-refractivity contribution in [2.75, 3.05) is 40.8 Å². The van der Waals surface area contributed by atoms with Crippen LogP contribution in [0.4, 0.5) is 0 Å². The summed E-state index contributed by atoms with van der Waals surface area (Å²) in [5.41, 5.74) is 1.93. The Balaban J connectivity index is 0.00000512. The number of rotatable bonds is 11. The van der Waals surface area contributed by atoms with Gasteiger partial charge in [0.15, 0.2) is 5.96 Å². The van der Waals surface area contributed by atoms with E-state index in [0.29, 0.717) is 24.7 Å². The molecule has 0 aromatic heterocycles. The number of ether oxygens (including phenoxy) is 1. The standard InChI is InChI=1S/C24H35N5O2.HI/c1-19(29(3)18-20-8-6-5-7-9-20)14-15-27-24(25-2)28-17-16-26-23(30)21-10-12-22(31-4)13-11-21;/h5-13,19H,14-18H2,1-4H3,(H,26,30)(H2,25,27,28);1H. The number of nitrogens with zero attached hydrogens (tertiary/aromatic N) is 2. The summed E-state index contributed by atoms with van der Waals surface area (Å²) in [6, 6.07) is 18.0. The fourth-order valence-corrected chi connectivity index (χ4v) is 3.07.